The molecule has 0 aliphatic heterocycles. The minimum Gasteiger partial charge on any atom is -0.378 e. The fourth-order valence-corrected chi connectivity index (χ4v) is 2.68. The Balaban J connectivity index is 2.50. The summed E-state index contributed by atoms with van der Waals surface area (Å²) in [6.45, 7) is 3.07. The lowest BCUT2D eigenvalue weighted by Gasteiger charge is -2.17. The quantitative estimate of drug-likeness (QED) is 0.409. The molecule has 0 saturated carbocycles. The molecule has 9 nitrogen and oxygen atoms in total. The van der Waals surface area contributed by atoms with E-state index in [0.717, 1.165) is 0 Å². The number of aromatic nitrogens is 1. The van der Waals surface area contributed by atoms with Crippen LogP contribution in [0.2, 0.25) is 0 Å². The normalized spacial score (nSPS) is 11.6. The summed E-state index contributed by atoms with van der Waals surface area (Å²) in [6, 6.07) is 2.74. The first-order valence-corrected chi connectivity index (χ1v) is 8.20. The predicted octanol–water partition coefficient (Wildman–Crippen LogP) is 0.656. The molecule has 3 N–H and O–H groups in total. The summed E-state index contributed by atoms with van der Waals surface area (Å²) >= 11 is 0. The molecule has 10 heteroatoms. The van der Waals surface area contributed by atoms with Gasteiger partial charge in [0.2, 0.25) is 15.8 Å². The molecule has 1 rings (SSSR count). The van der Waals surface area contributed by atoms with Gasteiger partial charge in [0.25, 0.3) is 0 Å². The Morgan fingerprint density at radius 2 is 2.14 bits per heavy atom. The van der Waals surface area contributed by atoms with E-state index >= 15 is 0 Å². The highest BCUT2D eigenvalue weighted by Crippen LogP contribution is 2.20. The summed E-state index contributed by atoms with van der Waals surface area (Å²) in [5.41, 5.74) is 5.23. The maximum absolute atomic E-state index is 11.4. The summed E-state index contributed by atoms with van der Waals surface area (Å²) in [5, 5.41) is 13.5. The lowest BCUT2D eigenvalue weighted by atomic mass is 10.3. The van der Waals surface area contributed by atoms with E-state index in [1.807, 2.05) is 0 Å². The second-order valence-corrected chi connectivity index (χ2v) is 6.38. The molecule has 0 unspecified atom stereocenters. The first-order valence-electron chi connectivity index (χ1n) is 6.35. The van der Waals surface area contributed by atoms with E-state index < -0.39 is 14.9 Å². The second-order valence-electron chi connectivity index (χ2n) is 4.39. The van der Waals surface area contributed by atoms with Crippen molar-refractivity contribution in [1.29, 1.82) is 0 Å². The van der Waals surface area contributed by atoms with Crippen LogP contribution in [-0.2, 0) is 10.0 Å². The van der Waals surface area contributed by atoms with Crippen LogP contribution >= 0.6 is 0 Å². The van der Waals surface area contributed by atoms with Gasteiger partial charge < -0.3 is 11.1 Å². The monoisotopic (exact) mass is 317 g/mol. The van der Waals surface area contributed by atoms with Crippen molar-refractivity contribution < 1.29 is 13.3 Å². The highest BCUT2D eigenvalue weighted by molar-refractivity contribution is 7.88. The molecule has 0 aromatic carbocycles. The molecule has 0 saturated heterocycles. The van der Waals surface area contributed by atoms with Crippen LogP contribution in [0, 0.1) is 10.1 Å². The summed E-state index contributed by atoms with van der Waals surface area (Å²) in [5.74, 6) is 0.261. The van der Waals surface area contributed by atoms with Gasteiger partial charge in [-0.05, 0) is 12.5 Å². The molecule has 0 atom stereocenters. The Labute approximate surface area is 123 Å². The molecule has 1 aromatic heterocycles. The van der Waals surface area contributed by atoms with Gasteiger partial charge >= 0.3 is 5.69 Å². The minimum atomic E-state index is -3.19. The standard InChI is InChI=1S/C11H19N5O4S/c1-3-15(21(2,19)20)8-4-7-13-10-6-5-9(16(17)18)11(12)14-10/h5-6H,3-4,7-8H2,1-2H3,(H3,12,13,14). The van der Waals surface area contributed by atoms with Crippen molar-refractivity contribution in [1.82, 2.24) is 9.29 Å². The molecule has 0 amide bonds. The van der Waals surface area contributed by atoms with Gasteiger partial charge in [0.15, 0.2) is 0 Å². The summed E-state index contributed by atoms with van der Waals surface area (Å²) in [4.78, 5) is 13.9. The SMILES string of the molecule is CCN(CCCNc1ccc([N+](=O)[O-])c(N)n1)S(C)(=O)=O. The predicted molar refractivity (Wildman–Crippen MR) is 80.5 cm³/mol. The van der Waals surface area contributed by atoms with Crippen LogP contribution in [0.1, 0.15) is 13.3 Å². The smallest absolute Gasteiger partial charge is 0.311 e. The van der Waals surface area contributed by atoms with E-state index in [9.17, 15) is 18.5 Å². The first kappa shape index (κ1) is 17.1. The molecule has 1 aromatic rings. The molecule has 0 aliphatic carbocycles. The van der Waals surface area contributed by atoms with Gasteiger partial charge in [-0.2, -0.15) is 0 Å². The van der Waals surface area contributed by atoms with E-state index in [4.69, 9.17) is 5.73 Å². The molecule has 0 bridgehead atoms. The van der Waals surface area contributed by atoms with Crippen molar-refractivity contribution in [2.45, 2.75) is 13.3 Å². The van der Waals surface area contributed by atoms with Crippen molar-refractivity contribution in [2.75, 3.05) is 36.9 Å². The van der Waals surface area contributed by atoms with E-state index in [1.54, 1.807) is 6.92 Å². The molecule has 0 radical (unpaired) electrons. The number of nitrogens with one attached hydrogen (secondary N) is 1. The van der Waals surface area contributed by atoms with Gasteiger partial charge in [0.05, 0.1) is 11.2 Å². The number of nitrogen functional groups attached to an aromatic ring is 1. The molecule has 118 valence electrons. The Hall–Kier alpha value is -1.94. The van der Waals surface area contributed by atoms with Crippen molar-refractivity contribution in [3.05, 3.63) is 22.2 Å². The maximum Gasteiger partial charge on any atom is 0.311 e. The largest absolute Gasteiger partial charge is 0.378 e. The zero-order valence-corrected chi connectivity index (χ0v) is 12.8. The fraction of sp³-hybridized carbons (Fsp3) is 0.545. The van der Waals surface area contributed by atoms with Crippen LogP contribution in [0.4, 0.5) is 17.3 Å². The van der Waals surface area contributed by atoms with E-state index in [1.165, 1.54) is 22.7 Å². The lowest BCUT2D eigenvalue weighted by Crippen LogP contribution is -2.31. The third kappa shape index (κ3) is 5.16. The maximum atomic E-state index is 11.4. The minimum absolute atomic E-state index is 0.156. The average Bonchev–Trinajstić information content (AvgIpc) is 2.36. The van der Waals surface area contributed by atoms with Crippen molar-refractivity contribution in [3.63, 3.8) is 0 Å². The van der Waals surface area contributed by atoms with Crippen molar-refractivity contribution >= 4 is 27.3 Å². The Morgan fingerprint density at radius 3 is 2.62 bits per heavy atom. The number of nitrogens with two attached hydrogens (primary N) is 1. The zero-order valence-electron chi connectivity index (χ0n) is 11.9. The van der Waals surface area contributed by atoms with Crippen LogP contribution in [0.3, 0.4) is 0 Å². The summed E-state index contributed by atoms with van der Waals surface area (Å²) in [6.07, 6.45) is 1.75. The number of anilines is 2. The van der Waals surface area contributed by atoms with E-state index in [-0.39, 0.29) is 11.5 Å². The summed E-state index contributed by atoms with van der Waals surface area (Å²) in [7, 11) is -3.19. The fourth-order valence-electron chi connectivity index (χ4n) is 1.75. The van der Waals surface area contributed by atoms with Gasteiger partial charge in [-0.15, -0.1) is 0 Å². The van der Waals surface area contributed by atoms with Crippen molar-refractivity contribution in [3.8, 4) is 0 Å². The molecular weight excluding hydrogens is 298 g/mol. The molecule has 0 spiro atoms. The average molecular weight is 317 g/mol. The number of sulfonamides is 1. The van der Waals surface area contributed by atoms with Crippen LogP contribution in [0.25, 0.3) is 0 Å². The number of nitro groups is 1. The third-order valence-electron chi connectivity index (χ3n) is 2.81. The number of pyridine rings is 1. The molecule has 1 heterocycles. The van der Waals surface area contributed by atoms with Crippen LogP contribution in [0.15, 0.2) is 12.1 Å². The van der Waals surface area contributed by atoms with Gasteiger partial charge in [0.1, 0.15) is 5.82 Å². The molecule has 0 fully saturated rings. The third-order valence-corrected chi connectivity index (χ3v) is 4.19. The van der Waals surface area contributed by atoms with Crippen molar-refractivity contribution in [2.24, 2.45) is 0 Å². The van der Waals surface area contributed by atoms with Gasteiger partial charge in [-0.1, -0.05) is 6.92 Å². The molecule has 21 heavy (non-hydrogen) atoms. The van der Waals surface area contributed by atoms with Gasteiger partial charge in [-0.3, -0.25) is 10.1 Å². The van der Waals surface area contributed by atoms with Gasteiger partial charge in [-0.25, -0.2) is 17.7 Å². The van der Waals surface area contributed by atoms with E-state index in [2.05, 4.69) is 10.3 Å². The van der Waals surface area contributed by atoms with Crippen LogP contribution in [0.5, 0.6) is 0 Å². The highest BCUT2D eigenvalue weighted by Gasteiger charge is 2.14. The number of hydrogen-bond acceptors (Lipinski definition) is 7. The van der Waals surface area contributed by atoms with Gasteiger partial charge in [0, 0.05) is 25.7 Å². The lowest BCUT2D eigenvalue weighted by molar-refractivity contribution is -0.384. The topological polar surface area (TPSA) is 131 Å². The van der Waals surface area contributed by atoms with Crippen LogP contribution < -0.4 is 11.1 Å². The first-order chi connectivity index (χ1) is 9.75. The zero-order chi connectivity index (χ0) is 16.0. The number of hydrogen-bond donors (Lipinski definition) is 2. The molecular formula is C11H19N5O4S. The van der Waals surface area contributed by atoms with Crippen LogP contribution in [-0.4, -0.2) is 48.5 Å². The Bertz CT molecular complexity index is 605. The Morgan fingerprint density at radius 1 is 1.48 bits per heavy atom. The summed E-state index contributed by atoms with van der Waals surface area (Å²) < 4.78 is 24.1. The molecule has 0 aliphatic rings. The van der Waals surface area contributed by atoms with E-state index in [0.29, 0.717) is 31.9 Å². The number of rotatable bonds is 8. The number of nitrogens with zero attached hydrogens (tertiary/aromatic N) is 3. The Kier molecular flexibility index (Phi) is 5.85. The highest BCUT2D eigenvalue weighted by atomic mass is 32.2. The second kappa shape index (κ2) is 7.18.